The lowest BCUT2D eigenvalue weighted by molar-refractivity contribution is 0.196. The molecule has 1 atom stereocenters. The lowest BCUT2D eigenvalue weighted by atomic mass is 10.1. The van der Waals surface area contributed by atoms with E-state index in [1.54, 1.807) is 0 Å². The van der Waals surface area contributed by atoms with Crippen molar-refractivity contribution in [1.29, 1.82) is 0 Å². The standard InChI is InChI=1S/C16H24N2O2S/c1-12(2)15-10-18(6-7-21-15)16(20)17-9-13-4-3-5-14(8-13)11-19/h3-5,8,12,15,19H,6-7,9-11H2,1-2H3,(H,17,20). The fourth-order valence-electron chi connectivity index (χ4n) is 2.39. The number of thioether (sulfide) groups is 1. The van der Waals surface area contributed by atoms with Crippen LogP contribution in [0.2, 0.25) is 0 Å². The van der Waals surface area contributed by atoms with Crippen molar-refractivity contribution < 1.29 is 9.90 Å². The molecule has 2 rings (SSSR count). The number of carbonyl (C=O) groups excluding carboxylic acids is 1. The lowest BCUT2D eigenvalue weighted by Gasteiger charge is -2.34. The second-order valence-corrected chi connectivity index (χ2v) is 7.08. The maximum atomic E-state index is 12.3. The molecule has 0 bridgehead atoms. The number of carbonyl (C=O) groups is 1. The summed E-state index contributed by atoms with van der Waals surface area (Å²) in [5.74, 6) is 1.60. The van der Waals surface area contributed by atoms with Crippen LogP contribution >= 0.6 is 11.8 Å². The molecular weight excluding hydrogens is 284 g/mol. The first-order valence-electron chi connectivity index (χ1n) is 7.43. The Bertz CT molecular complexity index is 479. The maximum Gasteiger partial charge on any atom is 0.317 e. The number of nitrogens with zero attached hydrogens (tertiary/aromatic N) is 1. The average molecular weight is 308 g/mol. The Labute approximate surface area is 130 Å². The summed E-state index contributed by atoms with van der Waals surface area (Å²) in [6.07, 6.45) is 0. The molecule has 0 spiro atoms. The third kappa shape index (κ3) is 4.64. The summed E-state index contributed by atoms with van der Waals surface area (Å²) in [6.45, 7) is 6.59. The van der Waals surface area contributed by atoms with Gasteiger partial charge in [0.1, 0.15) is 0 Å². The molecule has 2 N–H and O–H groups in total. The van der Waals surface area contributed by atoms with Crippen LogP contribution in [0.5, 0.6) is 0 Å². The van der Waals surface area contributed by atoms with Crippen LogP contribution in [0.3, 0.4) is 0 Å². The van der Waals surface area contributed by atoms with Crippen LogP contribution < -0.4 is 5.32 Å². The molecule has 2 amide bonds. The van der Waals surface area contributed by atoms with Gasteiger partial charge in [-0.25, -0.2) is 4.79 Å². The van der Waals surface area contributed by atoms with Crippen LogP contribution in [0.15, 0.2) is 24.3 Å². The number of hydrogen-bond acceptors (Lipinski definition) is 3. The van der Waals surface area contributed by atoms with Gasteiger partial charge in [-0.3, -0.25) is 0 Å². The summed E-state index contributed by atoms with van der Waals surface area (Å²) in [6, 6.07) is 7.67. The van der Waals surface area contributed by atoms with Gasteiger partial charge in [-0.2, -0.15) is 11.8 Å². The SMILES string of the molecule is CC(C)C1CN(C(=O)NCc2cccc(CO)c2)CCS1. The fraction of sp³-hybridized carbons (Fsp3) is 0.562. The summed E-state index contributed by atoms with van der Waals surface area (Å²) in [5.41, 5.74) is 1.89. The first kappa shape index (κ1) is 16.2. The number of aliphatic hydroxyl groups excluding tert-OH is 1. The van der Waals surface area contributed by atoms with Crippen molar-refractivity contribution in [2.45, 2.75) is 32.2 Å². The summed E-state index contributed by atoms with van der Waals surface area (Å²) in [4.78, 5) is 14.2. The quantitative estimate of drug-likeness (QED) is 0.898. The number of aliphatic hydroxyl groups is 1. The van der Waals surface area contributed by atoms with Crippen molar-refractivity contribution in [3.63, 3.8) is 0 Å². The van der Waals surface area contributed by atoms with E-state index in [-0.39, 0.29) is 12.6 Å². The van der Waals surface area contributed by atoms with Crippen molar-refractivity contribution in [3.05, 3.63) is 35.4 Å². The Morgan fingerprint density at radius 2 is 2.24 bits per heavy atom. The molecule has 1 aromatic carbocycles. The summed E-state index contributed by atoms with van der Waals surface area (Å²) >= 11 is 1.96. The summed E-state index contributed by atoms with van der Waals surface area (Å²) in [5, 5.41) is 12.6. The highest BCUT2D eigenvalue weighted by Gasteiger charge is 2.25. The first-order valence-corrected chi connectivity index (χ1v) is 8.48. The van der Waals surface area contributed by atoms with Crippen LogP contribution in [0, 0.1) is 5.92 Å². The zero-order valence-corrected chi connectivity index (χ0v) is 13.5. The van der Waals surface area contributed by atoms with E-state index >= 15 is 0 Å². The van der Waals surface area contributed by atoms with Crippen molar-refractivity contribution >= 4 is 17.8 Å². The zero-order valence-electron chi connectivity index (χ0n) is 12.7. The largest absolute Gasteiger partial charge is 0.392 e. The third-order valence-electron chi connectivity index (χ3n) is 3.74. The van der Waals surface area contributed by atoms with E-state index in [0.29, 0.717) is 17.7 Å². The molecule has 1 heterocycles. The molecule has 1 aliphatic rings. The van der Waals surface area contributed by atoms with Gasteiger partial charge < -0.3 is 15.3 Å². The Morgan fingerprint density at radius 1 is 1.48 bits per heavy atom. The molecule has 1 aliphatic heterocycles. The molecule has 0 aromatic heterocycles. The molecule has 21 heavy (non-hydrogen) atoms. The second kappa shape index (κ2) is 7.71. The van der Waals surface area contributed by atoms with Crippen LogP contribution in [-0.2, 0) is 13.2 Å². The first-order chi connectivity index (χ1) is 10.1. The molecule has 0 saturated carbocycles. The van der Waals surface area contributed by atoms with E-state index in [1.807, 2.05) is 40.9 Å². The van der Waals surface area contributed by atoms with E-state index in [9.17, 15) is 4.79 Å². The molecule has 5 heteroatoms. The predicted molar refractivity (Wildman–Crippen MR) is 87.3 cm³/mol. The Hall–Kier alpha value is -1.20. The number of rotatable bonds is 4. The number of urea groups is 1. The van der Waals surface area contributed by atoms with E-state index < -0.39 is 0 Å². The number of amides is 2. The highest BCUT2D eigenvalue weighted by Crippen LogP contribution is 2.24. The third-order valence-corrected chi connectivity index (χ3v) is 5.28. The molecule has 0 radical (unpaired) electrons. The van der Waals surface area contributed by atoms with Gasteiger partial charge in [0.2, 0.25) is 0 Å². The van der Waals surface area contributed by atoms with Gasteiger partial charge >= 0.3 is 6.03 Å². The van der Waals surface area contributed by atoms with Gasteiger partial charge in [0.05, 0.1) is 6.61 Å². The normalized spacial score (nSPS) is 18.9. The van der Waals surface area contributed by atoms with E-state index in [4.69, 9.17) is 5.11 Å². The van der Waals surface area contributed by atoms with E-state index in [0.717, 1.165) is 30.0 Å². The van der Waals surface area contributed by atoms with Crippen molar-refractivity contribution in [3.8, 4) is 0 Å². The Balaban J connectivity index is 1.86. The topological polar surface area (TPSA) is 52.6 Å². The van der Waals surface area contributed by atoms with Crippen LogP contribution in [-0.4, -0.2) is 40.1 Å². The minimum absolute atomic E-state index is 0.00958. The van der Waals surface area contributed by atoms with Gasteiger partial charge in [-0.15, -0.1) is 0 Å². The van der Waals surface area contributed by atoms with Crippen LogP contribution in [0.1, 0.15) is 25.0 Å². The van der Waals surface area contributed by atoms with E-state index in [2.05, 4.69) is 19.2 Å². The number of nitrogens with one attached hydrogen (secondary N) is 1. The molecule has 1 saturated heterocycles. The average Bonchev–Trinajstić information content (AvgIpc) is 2.53. The molecule has 0 aliphatic carbocycles. The molecule has 1 aromatic rings. The Morgan fingerprint density at radius 3 is 2.95 bits per heavy atom. The van der Waals surface area contributed by atoms with Crippen molar-refractivity contribution in [2.75, 3.05) is 18.8 Å². The fourth-order valence-corrected chi connectivity index (χ4v) is 3.69. The monoisotopic (exact) mass is 308 g/mol. The van der Waals surface area contributed by atoms with E-state index in [1.165, 1.54) is 0 Å². The van der Waals surface area contributed by atoms with Gasteiger partial charge in [0.15, 0.2) is 0 Å². The molecule has 116 valence electrons. The van der Waals surface area contributed by atoms with Gasteiger partial charge in [0, 0.05) is 30.6 Å². The predicted octanol–water partition coefficient (Wildman–Crippen LogP) is 2.46. The lowest BCUT2D eigenvalue weighted by Crippen LogP contribution is -2.47. The zero-order chi connectivity index (χ0) is 15.2. The highest BCUT2D eigenvalue weighted by molar-refractivity contribution is 8.00. The van der Waals surface area contributed by atoms with Crippen molar-refractivity contribution in [1.82, 2.24) is 10.2 Å². The highest BCUT2D eigenvalue weighted by atomic mass is 32.2. The number of hydrogen-bond donors (Lipinski definition) is 2. The maximum absolute atomic E-state index is 12.3. The molecular formula is C16H24N2O2S. The molecule has 1 fully saturated rings. The van der Waals surface area contributed by atoms with Crippen LogP contribution in [0.4, 0.5) is 4.79 Å². The summed E-state index contributed by atoms with van der Waals surface area (Å²) in [7, 11) is 0. The second-order valence-electron chi connectivity index (χ2n) is 5.74. The minimum Gasteiger partial charge on any atom is -0.392 e. The smallest absolute Gasteiger partial charge is 0.317 e. The number of benzene rings is 1. The molecule has 1 unspecified atom stereocenters. The van der Waals surface area contributed by atoms with Crippen LogP contribution in [0.25, 0.3) is 0 Å². The summed E-state index contributed by atoms with van der Waals surface area (Å²) < 4.78 is 0. The van der Waals surface area contributed by atoms with Gasteiger partial charge in [0.25, 0.3) is 0 Å². The van der Waals surface area contributed by atoms with Crippen molar-refractivity contribution in [2.24, 2.45) is 5.92 Å². The molecule has 4 nitrogen and oxygen atoms in total. The van der Waals surface area contributed by atoms with Gasteiger partial charge in [-0.05, 0) is 17.0 Å². The minimum atomic E-state index is 0.00958. The van der Waals surface area contributed by atoms with Gasteiger partial charge in [-0.1, -0.05) is 38.1 Å². The Kier molecular flexibility index (Phi) is 5.94.